The molecule has 4 rings (SSSR count). The minimum atomic E-state index is 0.0901. The quantitative estimate of drug-likeness (QED) is 0.498. The van der Waals surface area contributed by atoms with Crippen molar-refractivity contribution >= 4 is 16.6 Å². The Labute approximate surface area is 165 Å². The van der Waals surface area contributed by atoms with Crippen molar-refractivity contribution in [3.63, 3.8) is 0 Å². The summed E-state index contributed by atoms with van der Waals surface area (Å²) < 4.78 is 5.52. The Morgan fingerprint density at radius 2 is 1.79 bits per heavy atom. The van der Waals surface area contributed by atoms with Gasteiger partial charge in [0.1, 0.15) is 11.3 Å². The van der Waals surface area contributed by atoms with Crippen LogP contribution in [0.1, 0.15) is 23.0 Å². The van der Waals surface area contributed by atoms with Crippen LogP contribution in [-0.2, 0) is 6.42 Å². The molecule has 2 aromatic heterocycles. The number of fused-ring (bicyclic) bond motifs is 1. The average Bonchev–Trinajstić information content (AvgIpc) is 2.74. The molecule has 0 bridgehead atoms. The molecule has 0 saturated heterocycles. The predicted molar refractivity (Wildman–Crippen MR) is 114 cm³/mol. The Bertz CT molecular complexity index is 1070. The maximum Gasteiger partial charge on any atom is 0.145 e. The van der Waals surface area contributed by atoms with Gasteiger partial charge in [-0.05, 0) is 36.8 Å². The number of benzene rings is 2. The van der Waals surface area contributed by atoms with E-state index in [9.17, 15) is 0 Å². The van der Waals surface area contributed by atoms with Crippen molar-refractivity contribution in [2.45, 2.75) is 19.4 Å². The van der Waals surface area contributed by atoms with Gasteiger partial charge in [0, 0.05) is 35.1 Å². The molecule has 1 atom stereocenters. The lowest BCUT2D eigenvalue weighted by Crippen LogP contribution is -2.15. The Kier molecular flexibility index (Phi) is 5.20. The zero-order chi connectivity index (χ0) is 19.3. The number of rotatable bonds is 6. The zero-order valence-corrected chi connectivity index (χ0v) is 16.1. The number of para-hydroxylation sites is 1. The number of ether oxygens (including phenoxy) is 1. The third kappa shape index (κ3) is 3.81. The first-order valence-corrected chi connectivity index (χ1v) is 9.40. The molecule has 0 saturated carbocycles. The number of aromatic nitrogens is 2. The molecule has 4 nitrogen and oxygen atoms in total. The fourth-order valence-corrected chi connectivity index (χ4v) is 3.49. The molecule has 4 heteroatoms. The Morgan fingerprint density at radius 3 is 2.54 bits per heavy atom. The Morgan fingerprint density at radius 1 is 0.964 bits per heavy atom. The van der Waals surface area contributed by atoms with Gasteiger partial charge in [-0.25, -0.2) is 4.98 Å². The molecule has 2 heterocycles. The van der Waals surface area contributed by atoms with Gasteiger partial charge in [-0.15, -0.1) is 0 Å². The van der Waals surface area contributed by atoms with E-state index in [1.807, 2.05) is 43.5 Å². The summed E-state index contributed by atoms with van der Waals surface area (Å²) in [6.07, 6.45) is 2.63. The molecular weight excluding hydrogens is 346 g/mol. The van der Waals surface area contributed by atoms with Gasteiger partial charge in [-0.3, -0.25) is 4.98 Å². The molecule has 0 fully saturated rings. The predicted octanol–water partition coefficient (Wildman–Crippen LogP) is 5.34. The molecule has 140 valence electrons. The molecule has 0 aliphatic heterocycles. The number of nitrogens with one attached hydrogen (secondary N) is 1. The van der Waals surface area contributed by atoms with Crippen molar-refractivity contribution in [2.24, 2.45) is 0 Å². The van der Waals surface area contributed by atoms with Gasteiger partial charge in [0.05, 0.1) is 13.2 Å². The highest BCUT2D eigenvalue weighted by atomic mass is 16.5. The number of aryl methyl sites for hydroxylation is 1. The average molecular weight is 369 g/mol. The van der Waals surface area contributed by atoms with E-state index in [2.05, 4.69) is 52.8 Å². The summed E-state index contributed by atoms with van der Waals surface area (Å²) in [5.41, 5.74) is 5.14. The topological polar surface area (TPSA) is 47.0 Å². The van der Waals surface area contributed by atoms with Crippen LogP contribution in [0.15, 0.2) is 79.0 Å². The lowest BCUT2D eigenvalue weighted by Gasteiger charge is -2.22. The van der Waals surface area contributed by atoms with Gasteiger partial charge in [-0.1, -0.05) is 48.5 Å². The molecule has 0 aliphatic carbocycles. The van der Waals surface area contributed by atoms with E-state index in [0.717, 1.165) is 40.1 Å². The van der Waals surface area contributed by atoms with Crippen molar-refractivity contribution in [1.29, 1.82) is 0 Å². The molecule has 0 aliphatic rings. The van der Waals surface area contributed by atoms with Gasteiger partial charge < -0.3 is 10.1 Å². The first kappa shape index (κ1) is 18.0. The third-order valence-corrected chi connectivity index (χ3v) is 4.82. The van der Waals surface area contributed by atoms with Gasteiger partial charge in [0.15, 0.2) is 0 Å². The highest BCUT2D eigenvalue weighted by molar-refractivity contribution is 5.95. The summed E-state index contributed by atoms with van der Waals surface area (Å²) in [5.74, 6) is 0.783. The number of pyridine rings is 2. The van der Waals surface area contributed by atoms with E-state index >= 15 is 0 Å². The van der Waals surface area contributed by atoms with Gasteiger partial charge in [-0.2, -0.15) is 0 Å². The van der Waals surface area contributed by atoms with Crippen LogP contribution in [0, 0.1) is 6.92 Å². The van der Waals surface area contributed by atoms with Crippen molar-refractivity contribution < 1.29 is 4.74 Å². The maximum absolute atomic E-state index is 5.52. The molecular formula is C24H23N3O. The monoisotopic (exact) mass is 369 g/mol. The minimum Gasteiger partial charge on any atom is -0.494 e. The molecule has 4 aromatic rings. The second-order valence-corrected chi connectivity index (χ2v) is 6.80. The molecule has 1 N–H and O–H groups in total. The van der Waals surface area contributed by atoms with Crippen molar-refractivity contribution in [1.82, 2.24) is 9.97 Å². The Hall–Kier alpha value is -3.40. The molecule has 2 aromatic carbocycles. The van der Waals surface area contributed by atoms with Crippen LogP contribution in [0.25, 0.3) is 10.9 Å². The van der Waals surface area contributed by atoms with E-state index in [1.54, 1.807) is 7.11 Å². The van der Waals surface area contributed by atoms with Crippen molar-refractivity contribution in [3.8, 4) is 5.75 Å². The summed E-state index contributed by atoms with van der Waals surface area (Å²) >= 11 is 0. The van der Waals surface area contributed by atoms with Crippen LogP contribution in [0.2, 0.25) is 0 Å². The second-order valence-electron chi connectivity index (χ2n) is 6.80. The van der Waals surface area contributed by atoms with Gasteiger partial charge in [0.25, 0.3) is 0 Å². The first-order chi connectivity index (χ1) is 13.7. The smallest absolute Gasteiger partial charge is 0.145 e. The summed E-state index contributed by atoms with van der Waals surface area (Å²) in [5, 5.41) is 4.79. The molecule has 0 spiro atoms. The minimum absolute atomic E-state index is 0.0901. The zero-order valence-electron chi connectivity index (χ0n) is 16.1. The van der Waals surface area contributed by atoms with Gasteiger partial charge >= 0.3 is 0 Å². The SMILES string of the molecule is COc1cccc2c(NC(Cc3ccccn3)c3ccccc3)cc(C)nc12. The number of hydrogen-bond acceptors (Lipinski definition) is 4. The largest absolute Gasteiger partial charge is 0.494 e. The fourth-order valence-electron chi connectivity index (χ4n) is 3.49. The summed E-state index contributed by atoms with van der Waals surface area (Å²) in [4.78, 5) is 9.21. The normalized spacial score (nSPS) is 11.9. The number of nitrogens with zero attached hydrogens (tertiary/aromatic N) is 2. The van der Waals surface area contributed by atoms with E-state index in [1.165, 1.54) is 5.56 Å². The second kappa shape index (κ2) is 8.09. The van der Waals surface area contributed by atoms with Gasteiger partial charge in [0.2, 0.25) is 0 Å². The lowest BCUT2D eigenvalue weighted by atomic mass is 10.0. The third-order valence-electron chi connectivity index (χ3n) is 4.82. The number of hydrogen-bond donors (Lipinski definition) is 1. The van der Waals surface area contributed by atoms with E-state index in [0.29, 0.717) is 0 Å². The molecule has 28 heavy (non-hydrogen) atoms. The molecule has 0 radical (unpaired) electrons. The lowest BCUT2D eigenvalue weighted by molar-refractivity contribution is 0.419. The van der Waals surface area contributed by atoms with E-state index in [-0.39, 0.29) is 6.04 Å². The maximum atomic E-state index is 5.52. The number of anilines is 1. The number of methoxy groups -OCH3 is 1. The Balaban J connectivity index is 1.76. The highest BCUT2D eigenvalue weighted by Gasteiger charge is 2.16. The summed E-state index contributed by atoms with van der Waals surface area (Å²) in [6.45, 7) is 2.01. The van der Waals surface area contributed by atoms with Crippen LogP contribution < -0.4 is 10.1 Å². The highest BCUT2D eigenvalue weighted by Crippen LogP contribution is 2.32. The summed E-state index contributed by atoms with van der Waals surface area (Å²) in [7, 11) is 1.68. The van der Waals surface area contributed by atoms with Crippen molar-refractivity contribution in [2.75, 3.05) is 12.4 Å². The van der Waals surface area contributed by atoms with Crippen LogP contribution in [0.5, 0.6) is 5.75 Å². The fraction of sp³-hybridized carbons (Fsp3) is 0.167. The molecule has 0 amide bonds. The van der Waals surface area contributed by atoms with E-state index in [4.69, 9.17) is 9.72 Å². The van der Waals surface area contributed by atoms with Crippen LogP contribution in [0.4, 0.5) is 5.69 Å². The summed E-state index contributed by atoms with van der Waals surface area (Å²) in [6, 6.07) is 24.7. The van der Waals surface area contributed by atoms with Crippen LogP contribution in [0.3, 0.4) is 0 Å². The van der Waals surface area contributed by atoms with Crippen molar-refractivity contribution in [3.05, 3.63) is 95.9 Å². The van der Waals surface area contributed by atoms with E-state index < -0.39 is 0 Å². The standard InChI is InChI=1S/C24H23N3O/c1-17-15-22(20-12-8-13-23(28-2)24(20)26-17)27-21(18-9-4-3-5-10-18)16-19-11-6-7-14-25-19/h3-15,21H,16H2,1-2H3,(H,26,27). The molecule has 1 unspecified atom stereocenters. The first-order valence-electron chi connectivity index (χ1n) is 9.40. The van der Waals surface area contributed by atoms with Crippen LogP contribution in [-0.4, -0.2) is 17.1 Å². The van der Waals surface area contributed by atoms with Crippen LogP contribution >= 0.6 is 0 Å².